The minimum absolute atomic E-state index is 0.198. The van der Waals surface area contributed by atoms with Crippen LogP contribution in [0.4, 0.5) is 4.79 Å². The number of hydrogen-bond acceptors (Lipinski definition) is 3. The molecule has 24 heavy (non-hydrogen) atoms. The molecule has 0 aliphatic heterocycles. The number of urea groups is 1. The van der Waals surface area contributed by atoms with Gasteiger partial charge in [0.1, 0.15) is 5.75 Å². The maximum atomic E-state index is 11.9. The summed E-state index contributed by atoms with van der Waals surface area (Å²) in [6, 6.07) is 17.5. The topological polar surface area (TPSA) is 59.6 Å². The summed E-state index contributed by atoms with van der Waals surface area (Å²) in [6.45, 7) is 0.980. The van der Waals surface area contributed by atoms with Crippen LogP contribution in [0.3, 0.4) is 0 Å². The van der Waals surface area contributed by atoms with Crippen LogP contribution in [0.5, 0.6) is 5.75 Å². The summed E-state index contributed by atoms with van der Waals surface area (Å²) in [5, 5.41) is 5.69. The predicted molar refractivity (Wildman–Crippen MR) is 94.3 cm³/mol. The minimum atomic E-state index is -0.222. The molecular weight excluding hydrogens is 304 g/mol. The van der Waals surface area contributed by atoms with E-state index in [4.69, 9.17) is 9.47 Å². The van der Waals surface area contributed by atoms with Crippen molar-refractivity contribution in [2.45, 2.75) is 12.5 Å². The second-order valence-electron chi connectivity index (χ2n) is 5.37. The normalized spacial score (nSPS) is 11.6. The largest absolute Gasteiger partial charge is 0.497 e. The monoisotopic (exact) mass is 328 g/mol. The van der Waals surface area contributed by atoms with Crippen LogP contribution in [0.15, 0.2) is 54.6 Å². The number of nitrogens with one attached hydrogen (secondary N) is 2. The third-order valence-electron chi connectivity index (χ3n) is 3.74. The van der Waals surface area contributed by atoms with Crippen molar-refractivity contribution in [2.75, 3.05) is 27.3 Å². The molecule has 2 amide bonds. The molecule has 0 aliphatic carbocycles. The Morgan fingerprint density at radius 3 is 2.54 bits per heavy atom. The molecule has 2 aromatic carbocycles. The minimum Gasteiger partial charge on any atom is -0.497 e. The molecule has 5 nitrogen and oxygen atoms in total. The molecule has 1 atom stereocenters. The number of benzene rings is 2. The summed E-state index contributed by atoms with van der Waals surface area (Å²) >= 11 is 0. The SMILES string of the molecule is COc1cccc(C(CNC(=O)NCCc2ccccc2)OC)c1. The molecule has 2 N–H and O–H groups in total. The molecule has 0 radical (unpaired) electrons. The van der Waals surface area contributed by atoms with Crippen LogP contribution in [0.2, 0.25) is 0 Å². The van der Waals surface area contributed by atoms with Gasteiger partial charge in [-0.3, -0.25) is 0 Å². The van der Waals surface area contributed by atoms with Crippen LogP contribution >= 0.6 is 0 Å². The van der Waals surface area contributed by atoms with Crippen LogP contribution in [0, 0.1) is 0 Å². The Labute approximate surface area is 143 Å². The Hall–Kier alpha value is -2.53. The van der Waals surface area contributed by atoms with Crippen molar-refractivity contribution < 1.29 is 14.3 Å². The molecular formula is C19H24N2O3. The van der Waals surface area contributed by atoms with E-state index in [9.17, 15) is 4.79 Å². The van der Waals surface area contributed by atoms with Gasteiger partial charge in [-0.15, -0.1) is 0 Å². The standard InChI is InChI=1S/C19H24N2O3/c1-23-17-10-6-9-16(13-17)18(24-2)14-21-19(22)20-12-11-15-7-4-3-5-8-15/h3-10,13,18H,11-12,14H2,1-2H3,(H2,20,21,22). The number of methoxy groups -OCH3 is 2. The Morgan fingerprint density at radius 1 is 1.04 bits per heavy atom. The quantitative estimate of drug-likeness (QED) is 0.783. The lowest BCUT2D eigenvalue weighted by molar-refractivity contribution is 0.104. The summed E-state index contributed by atoms with van der Waals surface area (Å²) in [6.07, 6.45) is 0.581. The third-order valence-corrected chi connectivity index (χ3v) is 3.74. The maximum absolute atomic E-state index is 11.9. The van der Waals surface area contributed by atoms with Gasteiger partial charge in [0.05, 0.1) is 13.2 Å². The highest BCUT2D eigenvalue weighted by Crippen LogP contribution is 2.20. The zero-order valence-corrected chi connectivity index (χ0v) is 14.1. The van der Waals surface area contributed by atoms with E-state index in [1.54, 1.807) is 14.2 Å². The number of hydrogen-bond donors (Lipinski definition) is 2. The first kappa shape index (κ1) is 17.8. The number of carbonyl (C=O) groups is 1. The van der Waals surface area contributed by atoms with Crippen LogP contribution in [0.1, 0.15) is 17.2 Å². The second kappa shape index (κ2) is 9.57. The van der Waals surface area contributed by atoms with E-state index in [1.807, 2.05) is 54.6 Å². The molecule has 2 rings (SSSR count). The summed E-state index contributed by atoms with van der Waals surface area (Å²) < 4.78 is 10.7. The summed E-state index contributed by atoms with van der Waals surface area (Å²) in [5.74, 6) is 0.766. The van der Waals surface area contributed by atoms with E-state index in [0.29, 0.717) is 13.1 Å². The van der Waals surface area contributed by atoms with Gasteiger partial charge in [0.25, 0.3) is 0 Å². The molecule has 0 saturated heterocycles. The lowest BCUT2D eigenvalue weighted by Gasteiger charge is -2.17. The van der Waals surface area contributed by atoms with E-state index in [0.717, 1.165) is 17.7 Å². The number of carbonyl (C=O) groups excluding carboxylic acids is 1. The lowest BCUT2D eigenvalue weighted by atomic mass is 10.1. The number of rotatable bonds is 8. The van der Waals surface area contributed by atoms with Crippen LogP contribution in [0.25, 0.3) is 0 Å². The van der Waals surface area contributed by atoms with Gasteiger partial charge in [-0.05, 0) is 29.7 Å². The fourth-order valence-corrected chi connectivity index (χ4v) is 2.39. The molecule has 0 spiro atoms. The van der Waals surface area contributed by atoms with Crippen LogP contribution < -0.4 is 15.4 Å². The van der Waals surface area contributed by atoms with Gasteiger partial charge in [0.15, 0.2) is 0 Å². The third kappa shape index (κ3) is 5.59. The van der Waals surface area contributed by atoms with Crippen molar-refractivity contribution in [1.29, 1.82) is 0 Å². The van der Waals surface area contributed by atoms with Gasteiger partial charge in [-0.2, -0.15) is 0 Å². The Morgan fingerprint density at radius 2 is 1.83 bits per heavy atom. The maximum Gasteiger partial charge on any atom is 0.314 e. The van der Waals surface area contributed by atoms with Gasteiger partial charge < -0.3 is 20.1 Å². The van der Waals surface area contributed by atoms with E-state index in [-0.39, 0.29) is 12.1 Å². The van der Waals surface area contributed by atoms with Crippen molar-refractivity contribution in [3.8, 4) is 5.75 Å². The molecule has 0 aromatic heterocycles. The smallest absolute Gasteiger partial charge is 0.314 e. The fourth-order valence-electron chi connectivity index (χ4n) is 2.39. The molecule has 0 saturated carbocycles. The first-order valence-corrected chi connectivity index (χ1v) is 7.95. The van der Waals surface area contributed by atoms with Crippen molar-refractivity contribution in [3.05, 3.63) is 65.7 Å². The van der Waals surface area contributed by atoms with E-state index >= 15 is 0 Å². The summed E-state index contributed by atoms with van der Waals surface area (Å²) in [4.78, 5) is 11.9. The number of amides is 2. The van der Waals surface area contributed by atoms with Gasteiger partial charge in [-0.1, -0.05) is 42.5 Å². The van der Waals surface area contributed by atoms with E-state index < -0.39 is 0 Å². The average Bonchev–Trinajstić information content (AvgIpc) is 2.63. The Bertz CT molecular complexity index is 632. The highest BCUT2D eigenvalue weighted by atomic mass is 16.5. The molecule has 2 aromatic rings. The summed E-state index contributed by atoms with van der Waals surface area (Å²) in [7, 11) is 3.25. The van der Waals surface area contributed by atoms with Gasteiger partial charge in [0, 0.05) is 20.2 Å². The molecule has 0 fully saturated rings. The predicted octanol–water partition coefficient (Wildman–Crippen LogP) is 2.92. The molecule has 0 aliphatic rings. The van der Waals surface area contributed by atoms with Crippen LogP contribution in [-0.2, 0) is 11.2 Å². The van der Waals surface area contributed by atoms with Gasteiger partial charge in [-0.25, -0.2) is 4.79 Å². The van der Waals surface area contributed by atoms with Crippen molar-refractivity contribution in [1.82, 2.24) is 10.6 Å². The van der Waals surface area contributed by atoms with Crippen molar-refractivity contribution in [3.63, 3.8) is 0 Å². The van der Waals surface area contributed by atoms with Crippen LogP contribution in [-0.4, -0.2) is 33.3 Å². The van der Waals surface area contributed by atoms with Gasteiger partial charge >= 0.3 is 6.03 Å². The second-order valence-corrected chi connectivity index (χ2v) is 5.37. The first-order valence-electron chi connectivity index (χ1n) is 7.95. The molecule has 5 heteroatoms. The van der Waals surface area contributed by atoms with E-state index in [2.05, 4.69) is 10.6 Å². The molecule has 128 valence electrons. The zero-order chi connectivity index (χ0) is 17.2. The zero-order valence-electron chi connectivity index (χ0n) is 14.1. The number of ether oxygens (including phenoxy) is 2. The van der Waals surface area contributed by atoms with Gasteiger partial charge in [0.2, 0.25) is 0 Å². The Balaban J connectivity index is 1.76. The van der Waals surface area contributed by atoms with Crippen molar-refractivity contribution in [2.24, 2.45) is 0 Å². The summed E-state index contributed by atoms with van der Waals surface area (Å²) in [5.41, 5.74) is 2.16. The average molecular weight is 328 g/mol. The van der Waals surface area contributed by atoms with Crippen molar-refractivity contribution >= 4 is 6.03 Å². The highest BCUT2D eigenvalue weighted by molar-refractivity contribution is 5.73. The molecule has 0 heterocycles. The Kier molecular flexibility index (Phi) is 7.11. The highest BCUT2D eigenvalue weighted by Gasteiger charge is 2.12. The fraction of sp³-hybridized carbons (Fsp3) is 0.316. The van der Waals surface area contributed by atoms with E-state index in [1.165, 1.54) is 5.56 Å². The first-order chi connectivity index (χ1) is 11.7. The lowest BCUT2D eigenvalue weighted by Crippen LogP contribution is -2.39. The molecule has 0 bridgehead atoms. The molecule has 1 unspecified atom stereocenters.